The molecule has 35 heavy (non-hydrogen) atoms. The van der Waals surface area contributed by atoms with Gasteiger partial charge in [0.05, 0.1) is 6.61 Å². The zero-order valence-electron chi connectivity index (χ0n) is 20.6. The third kappa shape index (κ3) is 5.59. The molecule has 5 rings (SSSR count). The zero-order chi connectivity index (χ0) is 23.9. The average Bonchev–Trinajstić information content (AvgIpc) is 2.91. The summed E-state index contributed by atoms with van der Waals surface area (Å²) >= 11 is 4.28. The van der Waals surface area contributed by atoms with Crippen molar-refractivity contribution in [3.8, 4) is 16.9 Å². The summed E-state index contributed by atoms with van der Waals surface area (Å²) in [5, 5.41) is 7.99. The molecule has 1 nitrogen and oxygen atoms in total. The summed E-state index contributed by atoms with van der Waals surface area (Å²) in [6.07, 6.45) is 11.8. The van der Waals surface area contributed by atoms with Gasteiger partial charge in [0.2, 0.25) is 0 Å². The van der Waals surface area contributed by atoms with Crippen LogP contribution < -0.4 is 4.74 Å². The number of hydrogen-bond donors (Lipinski definition) is 1. The van der Waals surface area contributed by atoms with E-state index >= 15 is 0 Å². The lowest BCUT2D eigenvalue weighted by molar-refractivity contribution is 0.304. The summed E-state index contributed by atoms with van der Waals surface area (Å²) < 4.78 is 6.04. The van der Waals surface area contributed by atoms with E-state index in [2.05, 4.69) is 91.5 Å². The van der Waals surface area contributed by atoms with Crippen LogP contribution in [0.15, 0.2) is 78.9 Å². The molecular weight excluding hydrogens is 444 g/mol. The number of unbranched alkanes of at least 4 members (excludes halogenated alkanes) is 8. The molecule has 0 aromatic heterocycles. The zero-order valence-corrected chi connectivity index (χ0v) is 21.5. The fraction of sp³-hybridized carbons (Fsp3) is 0.333. The second-order valence-corrected chi connectivity index (χ2v) is 10.2. The lowest BCUT2D eigenvalue weighted by Gasteiger charge is -2.14. The van der Waals surface area contributed by atoms with Crippen molar-refractivity contribution in [2.45, 2.75) is 57.8 Å². The Morgan fingerprint density at radius 1 is 0.514 bits per heavy atom. The molecule has 0 fully saturated rings. The Kier molecular flexibility index (Phi) is 8.10. The minimum Gasteiger partial charge on any atom is -0.494 e. The van der Waals surface area contributed by atoms with E-state index in [0.717, 1.165) is 24.5 Å². The third-order valence-corrected chi connectivity index (χ3v) is 7.58. The van der Waals surface area contributed by atoms with Crippen LogP contribution in [0.3, 0.4) is 0 Å². The van der Waals surface area contributed by atoms with Crippen LogP contribution >= 0.6 is 12.6 Å². The number of ether oxygens (including phenoxy) is 1. The molecule has 5 aromatic carbocycles. The lowest BCUT2D eigenvalue weighted by atomic mass is 9.90. The van der Waals surface area contributed by atoms with Crippen LogP contribution in [0.2, 0.25) is 0 Å². The molecule has 0 N–H and O–H groups in total. The van der Waals surface area contributed by atoms with Gasteiger partial charge in [-0.25, -0.2) is 0 Å². The second-order valence-electron chi connectivity index (χ2n) is 9.75. The van der Waals surface area contributed by atoms with Gasteiger partial charge in [0.15, 0.2) is 0 Å². The third-order valence-electron chi connectivity index (χ3n) is 7.27. The van der Waals surface area contributed by atoms with Crippen LogP contribution in [0, 0.1) is 0 Å². The minimum atomic E-state index is 0.806. The maximum Gasteiger partial charge on any atom is 0.119 e. The summed E-state index contributed by atoms with van der Waals surface area (Å²) in [7, 11) is 0. The Balaban J connectivity index is 1.17. The molecular formula is C33H36OS. The highest BCUT2D eigenvalue weighted by atomic mass is 32.1. The Bertz CT molecular complexity index is 1340. The number of rotatable bonds is 13. The van der Waals surface area contributed by atoms with Crippen molar-refractivity contribution in [2.24, 2.45) is 0 Å². The van der Waals surface area contributed by atoms with Gasteiger partial charge in [0.1, 0.15) is 5.75 Å². The van der Waals surface area contributed by atoms with E-state index in [1.165, 1.54) is 94.8 Å². The molecule has 0 bridgehead atoms. The van der Waals surface area contributed by atoms with Crippen LogP contribution in [0.25, 0.3) is 43.4 Å². The van der Waals surface area contributed by atoms with Crippen molar-refractivity contribution in [3.63, 3.8) is 0 Å². The van der Waals surface area contributed by atoms with E-state index in [0.29, 0.717) is 0 Å². The quantitative estimate of drug-likeness (QED) is 0.100. The average molecular weight is 481 g/mol. The van der Waals surface area contributed by atoms with E-state index in [-0.39, 0.29) is 0 Å². The Labute approximate surface area is 215 Å². The van der Waals surface area contributed by atoms with Gasteiger partial charge in [-0.2, -0.15) is 12.6 Å². The maximum absolute atomic E-state index is 6.04. The number of benzene rings is 5. The fourth-order valence-corrected chi connectivity index (χ4v) is 5.58. The molecule has 0 aliphatic heterocycles. The summed E-state index contributed by atoms with van der Waals surface area (Å²) in [4.78, 5) is 0. The molecule has 0 saturated heterocycles. The predicted molar refractivity (Wildman–Crippen MR) is 156 cm³/mol. The molecule has 0 atom stereocenters. The van der Waals surface area contributed by atoms with E-state index < -0.39 is 0 Å². The SMILES string of the molecule is SCCCCCCCCCCCOc1ccc(-c2ccc3ccc4cccc5ccc2c3c45)cc1. The minimum absolute atomic E-state index is 0.806. The van der Waals surface area contributed by atoms with E-state index in [1.807, 2.05) is 0 Å². The van der Waals surface area contributed by atoms with Crippen LogP contribution in [-0.4, -0.2) is 12.4 Å². The highest BCUT2D eigenvalue weighted by Gasteiger charge is 2.11. The molecule has 180 valence electrons. The van der Waals surface area contributed by atoms with Gasteiger partial charge in [0, 0.05) is 0 Å². The van der Waals surface area contributed by atoms with Gasteiger partial charge in [-0.15, -0.1) is 0 Å². The van der Waals surface area contributed by atoms with Gasteiger partial charge < -0.3 is 4.74 Å². The second kappa shape index (κ2) is 11.8. The Hall–Kier alpha value is -2.71. The van der Waals surface area contributed by atoms with Crippen molar-refractivity contribution >= 4 is 44.9 Å². The van der Waals surface area contributed by atoms with E-state index in [4.69, 9.17) is 4.74 Å². The van der Waals surface area contributed by atoms with Crippen molar-refractivity contribution in [3.05, 3.63) is 78.9 Å². The van der Waals surface area contributed by atoms with Gasteiger partial charge in [-0.05, 0) is 74.2 Å². The monoisotopic (exact) mass is 480 g/mol. The van der Waals surface area contributed by atoms with Crippen LogP contribution in [0.1, 0.15) is 57.8 Å². The summed E-state index contributed by atoms with van der Waals surface area (Å²) in [5.41, 5.74) is 2.53. The standard InChI is InChI=1S/C33H36OS/c35-24-9-7-5-3-1-2-4-6-8-23-34-29-19-15-25(16-20-29)30-21-17-28-14-13-26-11-10-12-27-18-22-31(30)33(28)32(26)27/h10-22,35H,1-9,23-24H2. The first-order valence-electron chi connectivity index (χ1n) is 13.4. The fourth-order valence-electron chi connectivity index (χ4n) is 5.36. The summed E-state index contributed by atoms with van der Waals surface area (Å²) in [6, 6.07) is 28.8. The first-order valence-corrected chi connectivity index (χ1v) is 14.0. The van der Waals surface area contributed by atoms with Crippen LogP contribution in [0.5, 0.6) is 5.75 Å². The Morgan fingerprint density at radius 3 is 1.77 bits per heavy atom. The van der Waals surface area contributed by atoms with Gasteiger partial charge in [-0.1, -0.05) is 112 Å². The predicted octanol–water partition coefficient (Wildman–Crippen LogP) is 10.1. The first-order chi connectivity index (χ1) is 17.3. The van der Waals surface area contributed by atoms with Crippen molar-refractivity contribution in [1.82, 2.24) is 0 Å². The molecule has 0 radical (unpaired) electrons. The number of hydrogen-bond acceptors (Lipinski definition) is 2. The highest BCUT2D eigenvalue weighted by molar-refractivity contribution is 7.80. The molecule has 2 heteroatoms. The maximum atomic E-state index is 6.04. The molecule has 0 saturated carbocycles. The highest BCUT2D eigenvalue weighted by Crippen LogP contribution is 2.39. The van der Waals surface area contributed by atoms with Crippen molar-refractivity contribution < 1.29 is 4.74 Å². The van der Waals surface area contributed by atoms with Gasteiger partial charge >= 0.3 is 0 Å². The molecule has 0 unspecified atom stereocenters. The van der Waals surface area contributed by atoms with E-state index in [9.17, 15) is 0 Å². The molecule has 5 aromatic rings. The molecule has 0 aliphatic carbocycles. The summed E-state index contributed by atoms with van der Waals surface area (Å²) in [6.45, 7) is 0.806. The van der Waals surface area contributed by atoms with E-state index in [1.54, 1.807) is 0 Å². The summed E-state index contributed by atoms with van der Waals surface area (Å²) in [5.74, 6) is 2.00. The topological polar surface area (TPSA) is 9.23 Å². The van der Waals surface area contributed by atoms with Gasteiger partial charge in [-0.3, -0.25) is 0 Å². The first kappa shape index (κ1) is 24.0. The Morgan fingerprint density at radius 2 is 1.09 bits per heavy atom. The molecule has 0 aliphatic rings. The molecule has 0 spiro atoms. The molecule has 0 amide bonds. The largest absolute Gasteiger partial charge is 0.494 e. The van der Waals surface area contributed by atoms with Crippen LogP contribution in [0.4, 0.5) is 0 Å². The molecule has 0 heterocycles. The normalized spacial score (nSPS) is 11.7. The van der Waals surface area contributed by atoms with Crippen LogP contribution in [-0.2, 0) is 0 Å². The van der Waals surface area contributed by atoms with Crippen molar-refractivity contribution in [2.75, 3.05) is 12.4 Å². The smallest absolute Gasteiger partial charge is 0.119 e. The van der Waals surface area contributed by atoms with Crippen molar-refractivity contribution in [1.29, 1.82) is 0 Å². The lowest BCUT2D eigenvalue weighted by Crippen LogP contribution is -1.97. The van der Waals surface area contributed by atoms with Gasteiger partial charge in [0.25, 0.3) is 0 Å². The number of thiol groups is 1.